The van der Waals surface area contributed by atoms with Gasteiger partial charge in [-0.2, -0.15) is 0 Å². The molecule has 0 saturated carbocycles. The number of esters is 3. The molecule has 0 radical (unpaired) electrons. The summed E-state index contributed by atoms with van der Waals surface area (Å²) in [4.78, 5) is 44.0. The van der Waals surface area contributed by atoms with E-state index in [1.54, 1.807) is 4.90 Å². The summed E-state index contributed by atoms with van der Waals surface area (Å²) in [5, 5.41) is 0.436. The van der Waals surface area contributed by atoms with Gasteiger partial charge >= 0.3 is 17.9 Å². The molecule has 1 aromatic carbocycles. The molecule has 1 aromatic heterocycles. The predicted octanol–water partition coefficient (Wildman–Crippen LogP) is 3.75. The van der Waals surface area contributed by atoms with Crippen molar-refractivity contribution in [2.45, 2.75) is 13.8 Å². The molecule has 10 heteroatoms. The summed E-state index contributed by atoms with van der Waals surface area (Å²) < 4.78 is 14.6. The Hall–Kier alpha value is -2.58. The van der Waals surface area contributed by atoms with Gasteiger partial charge < -0.3 is 19.1 Å². The van der Waals surface area contributed by atoms with Crippen LogP contribution in [-0.2, 0) is 14.2 Å². The minimum Gasteiger partial charge on any atom is -0.465 e. The van der Waals surface area contributed by atoms with Gasteiger partial charge in [0.15, 0.2) is 0 Å². The summed E-state index contributed by atoms with van der Waals surface area (Å²) >= 11 is 12.5. The third-order valence-corrected chi connectivity index (χ3v) is 4.90. The van der Waals surface area contributed by atoms with E-state index in [1.165, 1.54) is 13.2 Å². The highest BCUT2D eigenvalue weighted by atomic mass is 35.5. The number of anilines is 1. The minimum atomic E-state index is -0.912. The van der Waals surface area contributed by atoms with Crippen LogP contribution < -0.4 is 4.90 Å². The van der Waals surface area contributed by atoms with E-state index in [0.29, 0.717) is 18.8 Å². The highest BCUT2D eigenvalue weighted by Gasteiger charge is 2.35. The first-order chi connectivity index (χ1) is 13.8. The van der Waals surface area contributed by atoms with E-state index in [-0.39, 0.29) is 37.8 Å². The lowest BCUT2D eigenvalue weighted by atomic mass is 9.91. The maximum atomic E-state index is 12.8. The Morgan fingerprint density at radius 3 is 1.86 bits per heavy atom. The van der Waals surface area contributed by atoms with Crippen molar-refractivity contribution >= 4 is 57.6 Å². The smallest absolute Gasteiger partial charge is 0.340 e. The van der Waals surface area contributed by atoms with Gasteiger partial charge in [-0.25, -0.2) is 19.4 Å². The molecule has 0 aliphatic rings. The third-order valence-electron chi connectivity index (χ3n) is 4.44. The van der Waals surface area contributed by atoms with E-state index in [2.05, 4.69) is 4.98 Å². The SMILES string of the molecule is CCN(CC)c1c(C(=O)OC)c(C(=O)OC)c(C(=O)OC)c2cc(Cl)nc(Cl)c12. The Morgan fingerprint density at radius 1 is 0.897 bits per heavy atom. The van der Waals surface area contributed by atoms with Gasteiger partial charge in [0.25, 0.3) is 0 Å². The summed E-state index contributed by atoms with van der Waals surface area (Å²) in [6.07, 6.45) is 0. The Labute approximate surface area is 177 Å². The molecule has 0 bridgehead atoms. The highest BCUT2D eigenvalue weighted by Crippen LogP contribution is 2.42. The molecular formula is C19H20Cl2N2O6. The second-order valence-electron chi connectivity index (χ2n) is 5.78. The van der Waals surface area contributed by atoms with Gasteiger partial charge in [0.2, 0.25) is 0 Å². The van der Waals surface area contributed by atoms with Crippen LogP contribution in [0.2, 0.25) is 10.3 Å². The Morgan fingerprint density at radius 2 is 1.38 bits per heavy atom. The average Bonchev–Trinajstić information content (AvgIpc) is 2.71. The Bertz CT molecular complexity index is 989. The van der Waals surface area contributed by atoms with Crippen LogP contribution in [0.25, 0.3) is 10.8 Å². The van der Waals surface area contributed by atoms with Crippen molar-refractivity contribution < 1.29 is 28.6 Å². The van der Waals surface area contributed by atoms with Crippen LogP contribution in [-0.4, -0.2) is 57.3 Å². The van der Waals surface area contributed by atoms with Gasteiger partial charge in [0.05, 0.1) is 43.7 Å². The number of carbonyl (C=O) groups is 3. The second kappa shape index (κ2) is 9.28. The molecule has 2 rings (SSSR count). The van der Waals surface area contributed by atoms with Crippen LogP contribution >= 0.6 is 23.2 Å². The monoisotopic (exact) mass is 442 g/mol. The molecule has 0 amide bonds. The number of carbonyl (C=O) groups excluding carboxylic acids is 3. The largest absolute Gasteiger partial charge is 0.465 e. The molecule has 0 aliphatic carbocycles. The third kappa shape index (κ3) is 3.95. The standard InChI is InChI=1S/C19H20Cl2N2O6/c1-6-23(7-2)15-12-9(8-10(20)22-16(12)21)11(17(24)27-3)13(18(25)28-4)14(15)19(26)29-5/h8H,6-7H2,1-5H3. The zero-order valence-corrected chi connectivity index (χ0v) is 18.1. The lowest BCUT2D eigenvalue weighted by Crippen LogP contribution is -2.28. The first kappa shape index (κ1) is 22.7. The molecule has 2 aromatic rings. The van der Waals surface area contributed by atoms with Gasteiger partial charge in [0.1, 0.15) is 10.3 Å². The van der Waals surface area contributed by atoms with Crippen LogP contribution in [0.3, 0.4) is 0 Å². The van der Waals surface area contributed by atoms with Crippen LogP contribution in [0.5, 0.6) is 0 Å². The van der Waals surface area contributed by atoms with Crippen molar-refractivity contribution in [2.24, 2.45) is 0 Å². The zero-order valence-electron chi connectivity index (χ0n) is 16.6. The van der Waals surface area contributed by atoms with Gasteiger partial charge in [-0.3, -0.25) is 0 Å². The predicted molar refractivity (Wildman–Crippen MR) is 109 cm³/mol. The molecule has 0 atom stereocenters. The van der Waals surface area contributed by atoms with E-state index in [4.69, 9.17) is 37.4 Å². The molecule has 0 fully saturated rings. The van der Waals surface area contributed by atoms with Crippen LogP contribution in [0, 0.1) is 0 Å². The maximum Gasteiger partial charge on any atom is 0.340 e. The summed E-state index contributed by atoms with van der Waals surface area (Å²) in [6, 6.07) is 1.38. The van der Waals surface area contributed by atoms with E-state index in [0.717, 1.165) is 14.2 Å². The van der Waals surface area contributed by atoms with Gasteiger partial charge in [-0.05, 0) is 19.9 Å². The molecule has 0 unspecified atom stereocenters. The number of pyridine rings is 1. The fourth-order valence-electron chi connectivity index (χ4n) is 3.19. The van der Waals surface area contributed by atoms with Gasteiger partial charge in [-0.1, -0.05) is 23.2 Å². The van der Waals surface area contributed by atoms with Crippen molar-refractivity contribution in [3.8, 4) is 0 Å². The molecule has 156 valence electrons. The summed E-state index contributed by atoms with van der Waals surface area (Å²) in [7, 11) is 3.45. The number of hydrogen-bond donors (Lipinski definition) is 0. The summed E-state index contributed by atoms with van der Waals surface area (Å²) in [5.74, 6) is -2.62. The molecular weight excluding hydrogens is 423 g/mol. The zero-order chi connectivity index (χ0) is 21.9. The van der Waals surface area contributed by atoms with E-state index in [9.17, 15) is 14.4 Å². The van der Waals surface area contributed by atoms with Crippen molar-refractivity contribution in [3.63, 3.8) is 0 Å². The molecule has 29 heavy (non-hydrogen) atoms. The highest BCUT2D eigenvalue weighted by molar-refractivity contribution is 6.39. The molecule has 0 spiro atoms. The number of methoxy groups -OCH3 is 3. The van der Waals surface area contributed by atoms with Crippen molar-refractivity contribution in [3.05, 3.63) is 33.1 Å². The first-order valence-electron chi connectivity index (χ1n) is 8.62. The molecule has 1 heterocycles. The molecule has 0 saturated heterocycles. The van der Waals surface area contributed by atoms with Crippen molar-refractivity contribution in [1.82, 2.24) is 4.98 Å². The van der Waals surface area contributed by atoms with Crippen LogP contribution in [0.4, 0.5) is 5.69 Å². The number of nitrogens with zero attached hydrogens (tertiary/aromatic N) is 2. The Kier molecular flexibility index (Phi) is 7.26. The Balaban J connectivity index is 3.31. The van der Waals surface area contributed by atoms with Crippen molar-refractivity contribution in [1.29, 1.82) is 0 Å². The number of fused-ring (bicyclic) bond motifs is 1. The van der Waals surface area contributed by atoms with E-state index < -0.39 is 17.9 Å². The molecule has 0 N–H and O–H groups in total. The lowest BCUT2D eigenvalue weighted by Gasteiger charge is -2.28. The van der Waals surface area contributed by atoms with Crippen LogP contribution in [0.1, 0.15) is 44.9 Å². The van der Waals surface area contributed by atoms with Gasteiger partial charge in [-0.15, -0.1) is 0 Å². The lowest BCUT2D eigenvalue weighted by molar-refractivity contribution is 0.0537. The van der Waals surface area contributed by atoms with Crippen molar-refractivity contribution in [2.75, 3.05) is 39.3 Å². The number of benzene rings is 1. The summed E-state index contributed by atoms with van der Waals surface area (Å²) in [6.45, 7) is 4.65. The van der Waals surface area contributed by atoms with Crippen LogP contribution in [0.15, 0.2) is 6.07 Å². The fourth-order valence-corrected chi connectivity index (χ4v) is 3.71. The quantitative estimate of drug-likeness (QED) is 0.379. The molecule has 0 aliphatic heterocycles. The van der Waals surface area contributed by atoms with Gasteiger partial charge in [0, 0.05) is 23.9 Å². The average molecular weight is 443 g/mol. The van der Waals surface area contributed by atoms with E-state index in [1.807, 2.05) is 13.8 Å². The number of rotatable bonds is 6. The minimum absolute atomic E-state index is 0.000200. The van der Waals surface area contributed by atoms with E-state index >= 15 is 0 Å². The topological polar surface area (TPSA) is 95.0 Å². The summed E-state index contributed by atoms with van der Waals surface area (Å²) in [5.41, 5.74) is -0.378. The first-order valence-corrected chi connectivity index (χ1v) is 9.38. The number of hydrogen-bond acceptors (Lipinski definition) is 8. The maximum absolute atomic E-state index is 12.8. The fraction of sp³-hybridized carbons (Fsp3) is 0.368. The second-order valence-corrected chi connectivity index (χ2v) is 6.52. The number of halogens is 2. The normalized spacial score (nSPS) is 10.6. The number of ether oxygens (including phenoxy) is 3. The molecule has 8 nitrogen and oxygen atoms in total. The number of aromatic nitrogens is 1.